The van der Waals surface area contributed by atoms with E-state index in [-0.39, 0.29) is 5.56 Å². The average molecular weight is 359 g/mol. The third-order valence-electron chi connectivity index (χ3n) is 3.87. The molecular weight excluding hydrogens is 345 g/mol. The maximum Gasteiger partial charge on any atom is 0.335 e. The number of carboxylic acids is 1. The Labute approximate surface area is 143 Å². The van der Waals surface area contributed by atoms with Crippen LogP contribution in [0.5, 0.6) is 0 Å². The molecule has 0 fully saturated rings. The smallest absolute Gasteiger partial charge is 0.335 e. The molecule has 0 bridgehead atoms. The van der Waals surface area contributed by atoms with Crippen LogP contribution in [-0.2, 0) is 10.0 Å². The van der Waals surface area contributed by atoms with E-state index in [2.05, 4.69) is 4.72 Å². The van der Waals surface area contributed by atoms with Crippen molar-refractivity contribution in [2.45, 2.75) is 11.8 Å². The second kappa shape index (κ2) is 6.18. The van der Waals surface area contributed by atoms with Gasteiger partial charge in [-0.2, -0.15) is 0 Å². The molecule has 0 aliphatic rings. The molecule has 5 nitrogen and oxygen atoms in total. The van der Waals surface area contributed by atoms with Crippen LogP contribution in [0.15, 0.2) is 59.5 Å². The molecule has 3 aromatic carbocycles. The predicted octanol–water partition coefficient (Wildman–Crippen LogP) is 3.79. The molecular formula is C18H14FNO4S. The number of halogens is 1. The van der Waals surface area contributed by atoms with Crippen LogP contribution >= 0.6 is 0 Å². The molecule has 25 heavy (non-hydrogen) atoms. The van der Waals surface area contributed by atoms with Crippen LogP contribution in [0, 0.1) is 12.7 Å². The maximum absolute atomic E-state index is 14.0. The second-order valence-electron chi connectivity index (χ2n) is 5.52. The van der Waals surface area contributed by atoms with Gasteiger partial charge in [0.25, 0.3) is 10.0 Å². The topological polar surface area (TPSA) is 83.5 Å². The van der Waals surface area contributed by atoms with E-state index in [0.29, 0.717) is 11.1 Å². The lowest BCUT2D eigenvalue weighted by Crippen LogP contribution is -2.16. The normalized spacial score (nSPS) is 11.4. The number of sulfonamides is 1. The summed E-state index contributed by atoms with van der Waals surface area (Å²) in [5, 5.41) is 10.6. The van der Waals surface area contributed by atoms with E-state index in [0.717, 1.165) is 17.5 Å². The summed E-state index contributed by atoms with van der Waals surface area (Å²) in [6.45, 7) is 1.29. The van der Waals surface area contributed by atoms with Gasteiger partial charge >= 0.3 is 5.97 Å². The lowest BCUT2D eigenvalue weighted by atomic mass is 10.1. The van der Waals surface area contributed by atoms with Gasteiger partial charge in [-0.25, -0.2) is 17.6 Å². The van der Waals surface area contributed by atoms with E-state index in [4.69, 9.17) is 5.11 Å². The van der Waals surface area contributed by atoms with Crippen LogP contribution in [0.25, 0.3) is 10.8 Å². The molecule has 0 atom stereocenters. The number of hydrogen-bond acceptors (Lipinski definition) is 3. The first kappa shape index (κ1) is 16.9. The molecule has 0 saturated heterocycles. The highest BCUT2D eigenvalue weighted by atomic mass is 32.2. The van der Waals surface area contributed by atoms with Crippen molar-refractivity contribution in [2.24, 2.45) is 0 Å². The van der Waals surface area contributed by atoms with Crippen LogP contribution in [-0.4, -0.2) is 19.5 Å². The third kappa shape index (κ3) is 3.18. The van der Waals surface area contributed by atoms with Gasteiger partial charge in [-0.3, -0.25) is 4.72 Å². The van der Waals surface area contributed by atoms with Gasteiger partial charge in [-0.1, -0.05) is 36.4 Å². The zero-order chi connectivity index (χ0) is 18.2. The third-order valence-corrected chi connectivity index (χ3v) is 5.36. The highest BCUT2D eigenvalue weighted by Crippen LogP contribution is 2.27. The number of aromatic carboxylic acids is 1. The van der Waals surface area contributed by atoms with Gasteiger partial charge in [0.2, 0.25) is 0 Å². The van der Waals surface area contributed by atoms with Crippen molar-refractivity contribution in [1.29, 1.82) is 0 Å². The van der Waals surface area contributed by atoms with Gasteiger partial charge in [-0.05, 0) is 30.5 Å². The molecule has 0 spiro atoms. The van der Waals surface area contributed by atoms with Crippen LogP contribution in [0.1, 0.15) is 15.9 Å². The fourth-order valence-corrected chi connectivity index (χ4v) is 3.93. The van der Waals surface area contributed by atoms with Crippen molar-refractivity contribution < 1.29 is 22.7 Å². The van der Waals surface area contributed by atoms with Gasteiger partial charge in [0, 0.05) is 10.9 Å². The van der Waals surface area contributed by atoms with E-state index in [9.17, 15) is 17.6 Å². The Morgan fingerprint density at radius 1 is 1.08 bits per heavy atom. The first-order chi connectivity index (χ1) is 11.8. The standard InChI is InChI=1S/C18H14FNO4S/c1-11-15(19)9-13(18(21)22)10-17(11)25(23,24)20-16-8-4-6-12-5-2-3-7-14(12)16/h2-10,20H,1H3,(H,21,22). The van der Waals surface area contributed by atoms with Gasteiger partial charge in [0.15, 0.2) is 0 Å². The molecule has 0 aromatic heterocycles. The van der Waals surface area contributed by atoms with Gasteiger partial charge in [0.1, 0.15) is 5.82 Å². The number of carboxylic acid groups (broad SMARTS) is 1. The van der Waals surface area contributed by atoms with E-state index in [1.54, 1.807) is 24.3 Å². The molecule has 0 heterocycles. The van der Waals surface area contributed by atoms with Crippen molar-refractivity contribution in [1.82, 2.24) is 0 Å². The minimum Gasteiger partial charge on any atom is -0.478 e. The minimum absolute atomic E-state index is 0.141. The summed E-state index contributed by atoms with van der Waals surface area (Å²) in [6, 6.07) is 14.1. The maximum atomic E-state index is 14.0. The van der Waals surface area contributed by atoms with Crippen molar-refractivity contribution >= 4 is 32.5 Å². The molecule has 3 aromatic rings. The van der Waals surface area contributed by atoms with Crippen molar-refractivity contribution in [3.05, 3.63) is 71.5 Å². The van der Waals surface area contributed by atoms with Crippen molar-refractivity contribution in [3.8, 4) is 0 Å². The first-order valence-corrected chi connectivity index (χ1v) is 8.82. The molecule has 0 aliphatic heterocycles. The SMILES string of the molecule is Cc1c(F)cc(C(=O)O)cc1S(=O)(=O)Nc1cccc2ccccc12. The molecule has 3 rings (SSSR count). The van der Waals surface area contributed by atoms with Crippen molar-refractivity contribution in [2.75, 3.05) is 4.72 Å². The van der Waals surface area contributed by atoms with E-state index < -0.39 is 32.3 Å². The van der Waals surface area contributed by atoms with Crippen LogP contribution in [0.4, 0.5) is 10.1 Å². The fraction of sp³-hybridized carbons (Fsp3) is 0.0556. The summed E-state index contributed by atoms with van der Waals surface area (Å²) >= 11 is 0. The van der Waals surface area contributed by atoms with E-state index >= 15 is 0 Å². The summed E-state index contributed by atoms with van der Waals surface area (Å²) in [5.41, 5.74) is -0.238. The zero-order valence-electron chi connectivity index (χ0n) is 13.2. The molecule has 0 saturated carbocycles. The van der Waals surface area contributed by atoms with Crippen LogP contribution in [0.2, 0.25) is 0 Å². The Bertz CT molecular complexity index is 1090. The Kier molecular flexibility index (Phi) is 4.18. The number of carbonyl (C=O) groups is 1. The number of nitrogens with one attached hydrogen (secondary N) is 1. The molecule has 128 valence electrons. The highest BCUT2D eigenvalue weighted by Gasteiger charge is 2.22. The second-order valence-corrected chi connectivity index (χ2v) is 7.17. The number of benzene rings is 3. The van der Waals surface area contributed by atoms with Crippen LogP contribution in [0.3, 0.4) is 0 Å². The fourth-order valence-electron chi connectivity index (χ4n) is 2.57. The molecule has 2 N–H and O–H groups in total. The predicted molar refractivity (Wildman–Crippen MR) is 92.9 cm³/mol. The minimum atomic E-state index is -4.17. The Hall–Kier alpha value is -2.93. The number of fused-ring (bicyclic) bond motifs is 1. The Morgan fingerprint density at radius 3 is 2.48 bits per heavy atom. The number of anilines is 1. The summed E-state index contributed by atoms with van der Waals surface area (Å²) in [7, 11) is -4.17. The van der Waals surface area contributed by atoms with Crippen LogP contribution < -0.4 is 4.72 Å². The largest absolute Gasteiger partial charge is 0.478 e. The summed E-state index contributed by atoms with van der Waals surface area (Å²) < 4.78 is 41.8. The lowest BCUT2D eigenvalue weighted by molar-refractivity contribution is 0.0696. The molecule has 7 heteroatoms. The average Bonchev–Trinajstić information content (AvgIpc) is 2.57. The molecule has 0 radical (unpaired) electrons. The lowest BCUT2D eigenvalue weighted by Gasteiger charge is -2.13. The number of rotatable bonds is 4. The number of hydrogen-bond donors (Lipinski definition) is 2. The van der Waals surface area contributed by atoms with E-state index in [1.165, 1.54) is 6.92 Å². The first-order valence-electron chi connectivity index (χ1n) is 7.33. The summed E-state index contributed by atoms with van der Waals surface area (Å²) in [5.74, 6) is -2.29. The molecule has 0 unspecified atom stereocenters. The Balaban J connectivity index is 2.13. The molecule has 0 aliphatic carbocycles. The van der Waals surface area contributed by atoms with Gasteiger partial charge in [0.05, 0.1) is 16.1 Å². The Morgan fingerprint density at radius 2 is 1.76 bits per heavy atom. The summed E-state index contributed by atoms with van der Waals surface area (Å²) in [4.78, 5) is 10.7. The monoisotopic (exact) mass is 359 g/mol. The zero-order valence-corrected chi connectivity index (χ0v) is 14.0. The van der Waals surface area contributed by atoms with Gasteiger partial charge < -0.3 is 5.11 Å². The molecule has 0 amide bonds. The quantitative estimate of drug-likeness (QED) is 0.742. The van der Waals surface area contributed by atoms with Crippen molar-refractivity contribution in [3.63, 3.8) is 0 Å². The highest BCUT2D eigenvalue weighted by molar-refractivity contribution is 7.92. The summed E-state index contributed by atoms with van der Waals surface area (Å²) in [6.07, 6.45) is 0. The van der Waals surface area contributed by atoms with Gasteiger partial charge in [-0.15, -0.1) is 0 Å². The van der Waals surface area contributed by atoms with E-state index in [1.807, 2.05) is 18.2 Å².